The molecule has 0 radical (unpaired) electrons. The predicted molar refractivity (Wildman–Crippen MR) is 87.6 cm³/mol. The second kappa shape index (κ2) is 8.47. The van der Waals surface area contributed by atoms with Gasteiger partial charge in [-0.25, -0.2) is 0 Å². The number of aliphatic hydroxyl groups is 1. The van der Waals surface area contributed by atoms with E-state index in [1.807, 2.05) is 12.1 Å². The van der Waals surface area contributed by atoms with Crippen LogP contribution in [-0.4, -0.2) is 55.3 Å². The Morgan fingerprint density at radius 3 is 2.81 bits per heavy atom. The number of ether oxygens (including phenoxy) is 1. The van der Waals surface area contributed by atoms with E-state index in [-0.39, 0.29) is 5.88 Å². The quantitative estimate of drug-likeness (QED) is 0.723. The minimum Gasteiger partial charge on any atom is -0.495 e. The zero-order valence-electron chi connectivity index (χ0n) is 12.6. The number of anilines is 1. The Morgan fingerprint density at radius 2 is 2.14 bits per heavy atom. The minimum atomic E-state index is -0.553. The van der Waals surface area contributed by atoms with E-state index in [9.17, 15) is 5.11 Å². The molecular formula is C16H25ClN2O2. The van der Waals surface area contributed by atoms with Crippen LogP contribution in [0.4, 0.5) is 5.69 Å². The van der Waals surface area contributed by atoms with Gasteiger partial charge in [0.05, 0.1) is 24.8 Å². The fourth-order valence-corrected chi connectivity index (χ4v) is 2.82. The molecule has 2 rings (SSSR count). The summed E-state index contributed by atoms with van der Waals surface area (Å²) in [4.78, 5) is 2.50. The fourth-order valence-electron chi connectivity index (χ4n) is 2.71. The van der Waals surface area contributed by atoms with Crippen molar-refractivity contribution in [2.75, 3.05) is 44.5 Å². The van der Waals surface area contributed by atoms with Gasteiger partial charge < -0.3 is 20.1 Å². The molecule has 1 heterocycles. The molecule has 1 aliphatic heterocycles. The maximum Gasteiger partial charge on any atom is 0.142 e. The van der Waals surface area contributed by atoms with E-state index in [1.54, 1.807) is 7.11 Å². The van der Waals surface area contributed by atoms with Gasteiger partial charge in [-0.3, -0.25) is 0 Å². The summed E-state index contributed by atoms with van der Waals surface area (Å²) in [5, 5.41) is 12.9. The Morgan fingerprint density at radius 1 is 1.38 bits per heavy atom. The molecule has 0 aliphatic carbocycles. The third-order valence-corrected chi connectivity index (χ3v) is 4.28. The molecule has 118 valence electrons. The Kier molecular flexibility index (Phi) is 6.61. The molecule has 1 unspecified atom stereocenters. The molecule has 0 spiro atoms. The van der Waals surface area contributed by atoms with Crippen molar-refractivity contribution in [1.29, 1.82) is 0 Å². The van der Waals surface area contributed by atoms with Crippen LogP contribution >= 0.6 is 11.6 Å². The van der Waals surface area contributed by atoms with Gasteiger partial charge in [-0.15, -0.1) is 11.6 Å². The van der Waals surface area contributed by atoms with Crippen molar-refractivity contribution in [1.82, 2.24) is 4.90 Å². The molecule has 21 heavy (non-hydrogen) atoms. The first-order chi connectivity index (χ1) is 10.2. The Hall–Kier alpha value is -0.970. The normalized spacial score (nSPS) is 16.9. The highest BCUT2D eigenvalue weighted by atomic mass is 35.5. The maximum atomic E-state index is 9.63. The molecule has 2 N–H and O–H groups in total. The summed E-state index contributed by atoms with van der Waals surface area (Å²) in [5.41, 5.74) is 2.20. The van der Waals surface area contributed by atoms with Crippen LogP contribution in [0, 0.1) is 0 Å². The standard InChI is InChI=1S/C16H25ClN2O2/c1-21-15-6-4-5-13(7-10-19-8-2-3-9-19)16(15)18-12-14(20)11-17/h4-6,14,18,20H,2-3,7-12H2,1H3. The summed E-state index contributed by atoms with van der Waals surface area (Å²) in [6.07, 6.45) is 3.05. The van der Waals surface area contributed by atoms with Gasteiger partial charge in [0.2, 0.25) is 0 Å². The lowest BCUT2D eigenvalue weighted by Gasteiger charge is -2.19. The Balaban J connectivity index is 2.03. The van der Waals surface area contributed by atoms with Crippen LogP contribution in [0.1, 0.15) is 18.4 Å². The molecule has 0 saturated carbocycles. The number of nitrogens with one attached hydrogen (secondary N) is 1. The molecule has 0 amide bonds. The van der Waals surface area contributed by atoms with Crippen molar-refractivity contribution >= 4 is 17.3 Å². The van der Waals surface area contributed by atoms with E-state index >= 15 is 0 Å². The summed E-state index contributed by atoms with van der Waals surface area (Å²) in [6.45, 7) is 3.91. The molecule has 1 fully saturated rings. The first-order valence-electron chi connectivity index (χ1n) is 7.60. The van der Waals surface area contributed by atoms with E-state index in [2.05, 4.69) is 16.3 Å². The van der Waals surface area contributed by atoms with Gasteiger partial charge in [-0.2, -0.15) is 0 Å². The largest absolute Gasteiger partial charge is 0.495 e. The topological polar surface area (TPSA) is 44.7 Å². The van der Waals surface area contributed by atoms with Crippen molar-refractivity contribution in [2.45, 2.75) is 25.4 Å². The number of methoxy groups -OCH3 is 1. The van der Waals surface area contributed by atoms with E-state index in [4.69, 9.17) is 16.3 Å². The highest BCUT2D eigenvalue weighted by molar-refractivity contribution is 6.18. The van der Waals surface area contributed by atoms with Gasteiger partial charge in [0.1, 0.15) is 5.75 Å². The molecule has 0 bridgehead atoms. The molecule has 1 aromatic rings. The number of para-hydroxylation sites is 1. The van der Waals surface area contributed by atoms with E-state index in [1.165, 1.54) is 31.5 Å². The van der Waals surface area contributed by atoms with Gasteiger partial charge >= 0.3 is 0 Å². The fraction of sp³-hybridized carbons (Fsp3) is 0.625. The summed E-state index contributed by atoms with van der Waals surface area (Å²) in [6, 6.07) is 6.07. The molecular weight excluding hydrogens is 288 g/mol. The summed E-state index contributed by atoms with van der Waals surface area (Å²) >= 11 is 5.65. The lowest BCUT2D eigenvalue weighted by molar-refractivity contribution is 0.211. The van der Waals surface area contributed by atoms with E-state index < -0.39 is 6.10 Å². The summed E-state index contributed by atoms with van der Waals surface area (Å²) in [7, 11) is 1.67. The maximum absolute atomic E-state index is 9.63. The number of hydrogen-bond acceptors (Lipinski definition) is 4. The van der Waals surface area contributed by atoms with E-state index in [0.29, 0.717) is 6.54 Å². The SMILES string of the molecule is COc1cccc(CCN2CCCC2)c1NCC(O)CCl. The van der Waals surface area contributed by atoms with Crippen LogP contribution in [-0.2, 0) is 6.42 Å². The third-order valence-electron chi connectivity index (χ3n) is 3.92. The van der Waals surface area contributed by atoms with Crippen LogP contribution in [0.3, 0.4) is 0 Å². The van der Waals surface area contributed by atoms with Gasteiger partial charge in [0.15, 0.2) is 0 Å². The number of alkyl halides is 1. The first-order valence-corrected chi connectivity index (χ1v) is 8.14. The lowest BCUT2D eigenvalue weighted by atomic mass is 10.1. The van der Waals surface area contributed by atoms with Crippen molar-refractivity contribution in [2.24, 2.45) is 0 Å². The minimum absolute atomic E-state index is 0.227. The Bertz CT molecular complexity index is 436. The second-order valence-corrected chi connectivity index (χ2v) is 5.79. The zero-order chi connectivity index (χ0) is 15.1. The average Bonchev–Trinajstić information content (AvgIpc) is 3.03. The van der Waals surface area contributed by atoms with Gasteiger partial charge in [-0.05, 0) is 44.0 Å². The van der Waals surface area contributed by atoms with Crippen molar-refractivity contribution in [3.05, 3.63) is 23.8 Å². The number of halogens is 1. The number of benzene rings is 1. The third kappa shape index (κ3) is 4.77. The number of aliphatic hydroxyl groups excluding tert-OH is 1. The average molecular weight is 313 g/mol. The monoisotopic (exact) mass is 312 g/mol. The number of hydrogen-bond donors (Lipinski definition) is 2. The first kappa shape index (κ1) is 16.4. The predicted octanol–water partition coefficient (Wildman–Crippen LogP) is 2.35. The molecule has 1 saturated heterocycles. The van der Waals surface area contributed by atoms with Crippen molar-refractivity contribution in [3.8, 4) is 5.75 Å². The van der Waals surface area contributed by atoms with Crippen LogP contribution in [0.5, 0.6) is 5.75 Å². The van der Waals surface area contributed by atoms with Crippen LogP contribution in [0.15, 0.2) is 18.2 Å². The van der Waals surface area contributed by atoms with Crippen molar-refractivity contribution < 1.29 is 9.84 Å². The van der Waals surface area contributed by atoms with Crippen LogP contribution in [0.2, 0.25) is 0 Å². The number of rotatable bonds is 8. The molecule has 5 heteroatoms. The number of likely N-dealkylation sites (tertiary alicyclic amines) is 1. The van der Waals surface area contributed by atoms with E-state index in [0.717, 1.165) is 24.4 Å². The van der Waals surface area contributed by atoms with Gasteiger partial charge in [0.25, 0.3) is 0 Å². The Labute approximate surface area is 132 Å². The lowest BCUT2D eigenvalue weighted by Crippen LogP contribution is -2.24. The molecule has 1 atom stereocenters. The van der Waals surface area contributed by atoms with Gasteiger partial charge in [0, 0.05) is 13.1 Å². The summed E-state index contributed by atoms with van der Waals surface area (Å²) < 4.78 is 5.43. The molecule has 0 aromatic heterocycles. The van der Waals surface area contributed by atoms with Crippen molar-refractivity contribution in [3.63, 3.8) is 0 Å². The van der Waals surface area contributed by atoms with Crippen LogP contribution in [0.25, 0.3) is 0 Å². The smallest absolute Gasteiger partial charge is 0.142 e. The van der Waals surface area contributed by atoms with Crippen LogP contribution < -0.4 is 10.1 Å². The van der Waals surface area contributed by atoms with Gasteiger partial charge in [-0.1, -0.05) is 12.1 Å². The summed E-state index contributed by atoms with van der Waals surface area (Å²) in [5.74, 6) is 1.04. The zero-order valence-corrected chi connectivity index (χ0v) is 13.4. The highest BCUT2D eigenvalue weighted by Gasteiger charge is 2.14. The molecule has 1 aromatic carbocycles. The highest BCUT2D eigenvalue weighted by Crippen LogP contribution is 2.29. The number of nitrogens with zero attached hydrogens (tertiary/aromatic N) is 1. The molecule has 1 aliphatic rings. The second-order valence-electron chi connectivity index (χ2n) is 5.48. The molecule has 4 nitrogen and oxygen atoms in total.